The number of hydrogen-bond donors (Lipinski definition) is 0. The predicted molar refractivity (Wildman–Crippen MR) is 95.3 cm³/mol. The van der Waals surface area contributed by atoms with Crippen LogP contribution in [0.4, 0.5) is 5.13 Å². The molecule has 3 nitrogen and oxygen atoms in total. The second-order valence-electron chi connectivity index (χ2n) is 4.82. The minimum absolute atomic E-state index is 0. The van der Waals surface area contributed by atoms with Crippen molar-refractivity contribution in [3.63, 3.8) is 0 Å². The van der Waals surface area contributed by atoms with Gasteiger partial charge in [0.2, 0.25) is 0 Å². The molecule has 0 aliphatic carbocycles. The van der Waals surface area contributed by atoms with Gasteiger partial charge in [0, 0.05) is 41.6 Å². The molecular weight excluding hydrogens is 402 g/mol. The smallest absolute Gasteiger partial charge is 0.185 e. The van der Waals surface area contributed by atoms with Gasteiger partial charge in [-0.25, -0.2) is 4.98 Å². The van der Waals surface area contributed by atoms with Crippen LogP contribution in [0.25, 0.3) is 11.3 Å². The normalized spacial score (nSPS) is 16.0. The Morgan fingerprint density at radius 3 is 2.65 bits per heavy atom. The number of rotatable bonds is 2. The molecule has 0 unspecified atom stereocenters. The van der Waals surface area contributed by atoms with Gasteiger partial charge in [-0.2, -0.15) is 0 Å². The van der Waals surface area contributed by atoms with Crippen LogP contribution < -0.4 is 4.90 Å². The molecule has 0 amide bonds. The SMILES string of the molecule is Br.CN1CCN(c2nc(-c3cccc(Br)c3)cs2)CC1. The number of piperazine rings is 1. The second kappa shape index (κ2) is 7.02. The van der Waals surface area contributed by atoms with E-state index >= 15 is 0 Å². The fourth-order valence-electron chi connectivity index (χ4n) is 2.19. The van der Waals surface area contributed by atoms with Crippen LogP contribution in [0.15, 0.2) is 34.1 Å². The molecule has 6 heteroatoms. The van der Waals surface area contributed by atoms with Crippen LogP contribution in [-0.4, -0.2) is 43.1 Å². The Labute approximate surface area is 142 Å². The Bertz CT molecular complexity index is 565. The number of hydrogen-bond acceptors (Lipinski definition) is 4. The first-order valence-electron chi connectivity index (χ1n) is 6.37. The maximum atomic E-state index is 4.78. The van der Waals surface area contributed by atoms with Gasteiger partial charge in [-0.1, -0.05) is 28.1 Å². The highest BCUT2D eigenvalue weighted by molar-refractivity contribution is 9.10. The highest BCUT2D eigenvalue weighted by Crippen LogP contribution is 2.29. The largest absolute Gasteiger partial charge is 0.346 e. The van der Waals surface area contributed by atoms with Gasteiger partial charge in [-0.05, 0) is 19.2 Å². The van der Waals surface area contributed by atoms with E-state index in [1.54, 1.807) is 11.3 Å². The first kappa shape index (κ1) is 15.9. The van der Waals surface area contributed by atoms with E-state index in [2.05, 4.69) is 50.3 Å². The van der Waals surface area contributed by atoms with Crippen LogP contribution in [0.1, 0.15) is 0 Å². The van der Waals surface area contributed by atoms with Crippen molar-refractivity contribution < 1.29 is 0 Å². The summed E-state index contributed by atoms with van der Waals surface area (Å²) in [6.07, 6.45) is 0. The quantitative estimate of drug-likeness (QED) is 0.737. The lowest BCUT2D eigenvalue weighted by Crippen LogP contribution is -2.44. The number of likely N-dealkylation sites (N-methyl/N-ethyl adjacent to an activating group) is 1. The minimum atomic E-state index is 0. The van der Waals surface area contributed by atoms with E-state index in [1.165, 1.54) is 5.56 Å². The molecule has 1 aliphatic rings. The highest BCUT2D eigenvalue weighted by atomic mass is 79.9. The number of nitrogens with zero attached hydrogens (tertiary/aromatic N) is 3. The molecule has 2 aromatic rings. The molecule has 1 aromatic carbocycles. The lowest BCUT2D eigenvalue weighted by Gasteiger charge is -2.32. The van der Waals surface area contributed by atoms with E-state index in [1.807, 2.05) is 12.1 Å². The molecule has 3 rings (SSSR count). The topological polar surface area (TPSA) is 19.4 Å². The first-order chi connectivity index (χ1) is 9.22. The highest BCUT2D eigenvalue weighted by Gasteiger charge is 2.17. The van der Waals surface area contributed by atoms with Gasteiger partial charge in [-0.3, -0.25) is 0 Å². The molecule has 0 spiro atoms. The standard InChI is InChI=1S/C14H16BrN3S.BrH/c1-17-5-7-18(8-6-17)14-16-13(10-19-14)11-3-2-4-12(15)9-11;/h2-4,9-10H,5-8H2,1H3;1H. The second-order valence-corrected chi connectivity index (χ2v) is 6.57. The van der Waals surface area contributed by atoms with Crippen molar-refractivity contribution in [3.8, 4) is 11.3 Å². The summed E-state index contributed by atoms with van der Waals surface area (Å²) in [6, 6.07) is 8.31. The van der Waals surface area contributed by atoms with E-state index < -0.39 is 0 Å². The Hall–Kier alpha value is -0.430. The lowest BCUT2D eigenvalue weighted by atomic mass is 10.2. The molecule has 0 saturated carbocycles. The maximum Gasteiger partial charge on any atom is 0.185 e. The average Bonchev–Trinajstić information content (AvgIpc) is 2.89. The zero-order chi connectivity index (χ0) is 13.2. The molecular formula is C14H17Br2N3S. The molecule has 2 heterocycles. The van der Waals surface area contributed by atoms with E-state index in [0.29, 0.717) is 0 Å². The summed E-state index contributed by atoms with van der Waals surface area (Å²) in [5.41, 5.74) is 2.24. The number of benzene rings is 1. The van der Waals surface area contributed by atoms with Gasteiger partial charge in [0.05, 0.1) is 5.69 Å². The summed E-state index contributed by atoms with van der Waals surface area (Å²) in [6.45, 7) is 4.38. The summed E-state index contributed by atoms with van der Waals surface area (Å²) in [4.78, 5) is 9.52. The Morgan fingerprint density at radius 2 is 1.95 bits per heavy atom. The molecule has 0 N–H and O–H groups in total. The van der Waals surface area contributed by atoms with Gasteiger partial charge in [-0.15, -0.1) is 28.3 Å². The summed E-state index contributed by atoms with van der Waals surface area (Å²) < 4.78 is 1.10. The van der Waals surface area contributed by atoms with Gasteiger partial charge in [0.25, 0.3) is 0 Å². The fraction of sp³-hybridized carbons (Fsp3) is 0.357. The molecule has 0 bridgehead atoms. The lowest BCUT2D eigenvalue weighted by molar-refractivity contribution is 0.313. The Kier molecular flexibility index (Phi) is 5.60. The number of aromatic nitrogens is 1. The van der Waals surface area contributed by atoms with Crippen molar-refractivity contribution in [1.29, 1.82) is 0 Å². The van der Waals surface area contributed by atoms with Crippen molar-refractivity contribution in [2.45, 2.75) is 0 Å². The minimum Gasteiger partial charge on any atom is -0.346 e. The fourth-order valence-corrected chi connectivity index (χ4v) is 3.48. The van der Waals surface area contributed by atoms with Crippen LogP contribution in [0.3, 0.4) is 0 Å². The van der Waals surface area contributed by atoms with Gasteiger partial charge < -0.3 is 9.80 Å². The number of halogens is 2. The molecule has 1 aliphatic heterocycles. The van der Waals surface area contributed by atoms with Gasteiger partial charge >= 0.3 is 0 Å². The summed E-state index contributed by atoms with van der Waals surface area (Å²) in [7, 11) is 2.17. The van der Waals surface area contributed by atoms with Crippen molar-refractivity contribution in [3.05, 3.63) is 34.1 Å². The first-order valence-corrected chi connectivity index (χ1v) is 8.04. The summed E-state index contributed by atoms with van der Waals surface area (Å²) in [5.74, 6) is 0. The number of anilines is 1. The van der Waals surface area contributed by atoms with Crippen molar-refractivity contribution in [2.24, 2.45) is 0 Å². The third kappa shape index (κ3) is 3.61. The van der Waals surface area contributed by atoms with Crippen LogP contribution in [0.2, 0.25) is 0 Å². The van der Waals surface area contributed by atoms with Gasteiger partial charge in [0.1, 0.15) is 0 Å². The van der Waals surface area contributed by atoms with Crippen molar-refractivity contribution in [1.82, 2.24) is 9.88 Å². The Morgan fingerprint density at radius 1 is 1.20 bits per heavy atom. The van der Waals surface area contributed by atoms with Crippen LogP contribution >= 0.6 is 44.2 Å². The Balaban J connectivity index is 0.00000147. The van der Waals surface area contributed by atoms with E-state index in [4.69, 9.17) is 4.98 Å². The van der Waals surface area contributed by atoms with Crippen LogP contribution in [0, 0.1) is 0 Å². The molecule has 1 saturated heterocycles. The monoisotopic (exact) mass is 417 g/mol. The van der Waals surface area contributed by atoms with E-state index in [-0.39, 0.29) is 17.0 Å². The van der Waals surface area contributed by atoms with Crippen LogP contribution in [-0.2, 0) is 0 Å². The molecule has 1 fully saturated rings. The van der Waals surface area contributed by atoms with Crippen LogP contribution in [0.5, 0.6) is 0 Å². The zero-order valence-corrected chi connectivity index (χ0v) is 15.4. The molecule has 1 aromatic heterocycles. The third-order valence-corrected chi connectivity index (χ3v) is 4.78. The predicted octanol–water partition coefficient (Wildman–Crippen LogP) is 3.90. The third-order valence-electron chi connectivity index (χ3n) is 3.39. The number of thiazole rings is 1. The molecule has 20 heavy (non-hydrogen) atoms. The van der Waals surface area contributed by atoms with E-state index in [0.717, 1.165) is 41.5 Å². The van der Waals surface area contributed by atoms with Crippen molar-refractivity contribution in [2.75, 3.05) is 38.1 Å². The summed E-state index contributed by atoms with van der Waals surface area (Å²) in [5, 5.41) is 3.29. The maximum absolute atomic E-state index is 4.78. The zero-order valence-electron chi connectivity index (χ0n) is 11.3. The van der Waals surface area contributed by atoms with Crippen molar-refractivity contribution >= 4 is 49.4 Å². The molecule has 0 radical (unpaired) electrons. The molecule has 0 atom stereocenters. The van der Waals surface area contributed by atoms with E-state index in [9.17, 15) is 0 Å². The average molecular weight is 419 g/mol. The molecule has 108 valence electrons. The van der Waals surface area contributed by atoms with Gasteiger partial charge in [0.15, 0.2) is 5.13 Å². The summed E-state index contributed by atoms with van der Waals surface area (Å²) >= 11 is 5.25.